The van der Waals surface area contributed by atoms with Crippen molar-refractivity contribution in [2.75, 3.05) is 13.6 Å². The molecule has 8 nitrogen and oxygen atoms in total. The number of hydrogen-bond acceptors (Lipinski definition) is 5. The number of hydrogen-bond donors (Lipinski definition) is 2. The number of carboxylic acids is 1. The van der Waals surface area contributed by atoms with E-state index < -0.39 is 16.0 Å². The van der Waals surface area contributed by atoms with Gasteiger partial charge in [-0.2, -0.15) is 0 Å². The van der Waals surface area contributed by atoms with E-state index in [1.807, 2.05) is 13.0 Å². The molecular weight excluding hydrogens is 368 g/mol. The maximum Gasteiger partial charge on any atom is 0.304 e. The highest BCUT2D eigenvalue weighted by Crippen LogP contribution is 2.20. The Kier molecular flexibility index (Phi) is 5.24. The molecule has 2 N–H and O–H groups in total. The Bertz CT molecular complexity index is 1070. The van der Waals surface area contributed by atoms with E-state index in [4.69, 9.17) is 5.11 Å². The topological polar surface area (TPSA) is 116 Å². The largest absolute Gasteiger partial charge is 0.481 e. The molecule has 3 rings (SSSR count). The molecule has 2 heterocycles. The van der Waals surface area contributed by atoms with Crippen LogP contribution in [-0.2, 0) is 21.2 Å². The Morgan fingerprint density at radius 2 is 1.93 bits per heavy atom. The number of aromatic amines is 1. The minimum absolute atomic E-state index is 0.0795. The van der Waals surface area contributed by atoms with Crippen molar-refractivity contribution in [3.05, 3.63) is 53.6 Å². The monoisotopic (exact) mass is 388 g/mol. The molecule has 0 atom stereocenters. The molecule has 9 heteroatoms. The number of H-pyrrole nitrogens is 1. The summed E-state index contributed by atoms with van der Waals surface area (Å²) in [4.78, 5) is 22.8. The SMILES string of the molecule is Cc1nc2c(Cc3ccc(S(=O)(=O)N(C)CCC(=O)O)cc3)nccc2[nH]1. The van der Waals surface area contributed by atoms with Gasteiger partial charge in [-0.25, -0.2) is 17.7 Å². The van der Waals surface area contributed by atoms with Gasteiger partial charge in [-0.1, -0.05) is 12.1 Å². The minimum atomic E-state index is -3.72. The Hall–Kier alpha value is -2.78. The standard InChI is InChI=1S/C18H20N4O4S/c1-12-20-15-7-9-19-16(18(15)21-12)11-13-3-5-14(6-4-13)27(25,26)22(2)10-8-17(23)24/h3-7,9H,8,10-11H2,1-2H3,(H,20,21)(H,23,24). The summed E-state index contributed by atoms with van der Waals surface area (Å²) in [6.45, 7) is 1.80. The zero-order valence-corrected chi connectivity index (χ0v) is 15.8. The second kappa shape index (κ2) is 7.45. The molecule has 0 saturated carbocycles. The van der Waals surface area contributed by atoms with Crippen LogP contribution in [0.25, 0.3) is 11.0 Å². The van der Waals surface area contributed by atoms with Crippen LogP contribution in [0.3, 0.4) is 0 Å². The number of carboxylic acid groups (broad SMARTS) is 1. The van der Waals surface area contributed by atoms with Crippen LogP contribution in [0.5, 0.6) is 0 Å². The Labute approximate surface area is 156 Å². The van der Waals surface area contributed by atoms with Crippen molar-refractivity contribution in [1.29, 1.82) is 0 Å². The normalized spacial score (nSPS) is 12.0. The van der Waals surface area contributed by atoms with E-state index in [1.54, 1.807) is 18.3 Å². The third-order valence-corrected chi connectivity index (χ3v) is 6.11. The average Bonchev–Trinajstić information content (AvgIpc) is 3.01. The number of rotatable bonds is 7. The molecule has 0 saturated heterocycles. The van der Waals surface area contributed by atoms with Gasteiger partial charge < -0.3 is 10.1 Å². The highest BCUT2D eigenvalue weighted by molar-refractivity contribution is 7.89. The van der Waals surface area contributed by atoms with Crippen molar-refractivity contribution in [2.24, 2.45) is 0 Å². The number of sulfonamides is 1. The fourth-order valence-corrected chi connectivity index (χ4v) is 3.94. The lowest BCUT2D eigenvalue weighted by molar-refractivity contribution is -0.137. The van der Waals surface area contributed by atoms with Crippen LogP contribution in [-0.4, -0.2) is 52.3 Å². The van der Waals surface area contributed by atoms with E-state index in [9.17, 15) is 13.2 Å². The molecule has 27 heavy (non-hydrogen) atoms. The number of nitrogens with zero attached hydrogens (tertiary/aromatic N) is 3. The van der Waals surface area contributed by atoms with Crippen LogP contribution in [0.15, 0.2) is 41.4 Å². The highest BCUT2D eigenvalue weighted by Gasteiger charge is 2.21. The third-order valence-electron chi connectivity index (χ3n) is 4.24. The van der Waals surface area contributed by atoms with Gasteiger partial charge in [0.05, 0.1) is 22.5 Å². The minimum Gasteiger partial charge on any atom is -0.481 e. The molecule has 0 aliphatic rings. The van der Waals surface area contributed by atoms with Gasteiger partial charge >= 0.3 is 5.97 Å². The lowest BCUT2D eigenvalue weighted by Gasteiger charge is -2.16. The van der Waals surface area contributed by atoms with Crippen molar-refractivity contribution in [3.8, 4) is 0 Å². The summed E-state index contributed by atoms with van der Waals surface area (Å²) in [7, 11) is -2.35. The number of aliphatic carboxylic acids is 1. The number of carbonyl (C=O) groups is 1. The Morgan fingerprint density at radius 1 is 1.22 bits per heavy atom. The van der Waals surface area contributed by atoms with Crippen LogP contribution in [0.2, 0.25) is 0 Å². The van der Waals surface area contributed by atoms with Crippen LogP contribution in [0.4, 0.5) is 0 Å². The summed E-state index contributed by atoms with van der Waals surface area (Å²) in [6.07, 6.45) is 1.99. The number of nitrogens with one attached hydrogen (secondary N) is 1. The first-order chi connectivity index (χ1) is 12.8. The van der Waals surface area contributed by atoms with E-state index in [-0.39, 0.29) is 17.9 Å². The molecule has 0 aliphatic carbocycles. The molecule has 0 unspecified atom stereocenters. The maximum atomic E-state index is 12.5. The van der Waals surface area contributed by atoms with E-state index >= 15 is 0 Å². The number of benzene rings is 1. The summed E-state index contributed by atoms with van der Waals surface area (Å²) in [6, 6.07) is 8.38. The van der Waals surface area contributed by atoms with Crippen LogP contribution >= 0.6 is 0 Å². The second-order valence-corrected chi connectivity index (χ2v) is 8.31. The molecule has 0 fully saturated rings. The fourth-order valence-electron chi connectivity index (χ4n) is 2.77. The van der Waals surface area contributed by atoms with Crippen molar-refractivity contribution >= 4 is 27.0 Å². The van der Waals surface area contributed by atoms with Gasteiger partial charge in [0.2, 0.25) is 10.0 Å². The molecule has 2 aromatic heterocycles. The first-order valence-electron chi connectivity index (χ1n) is 8.34. The van der Waals surface area contributed by atoms with Gasteiger partial charge in [-0.05, 0) is 30.7 Å². The Balaban J connectivity index is 1.79. The molecule has 0 aliphatic heterocycles. The molecule has 3 aromatic rings. The summed E-state index contributed by atoms with van der Waals surface area (Å²) < 4.78 is 26.0. The number of pyridine rings is 1. The van der Waals surface area contributed by atoms with Crippen molar-refractivity contribution in [2.45, 2.75) is 24.7 Å². The molecule has 1 aromatic carbocycles. The van der Waals surface area contributed by atoms with Crippen molar-refractivity contribution in [3.63, 3.8) is 0 Å². The molecule has 0 bridgehead atoms. The molecule has 0 spiro atoms. The number of fused-ring (bicyclic) bond motifs is 1. The number of aryl methyl sites for hydroxylation is 1. The van der Waals surface area contributed by atoms with Gasteiger partial charge in [0.1, 0.15) is 11.3 Å². The molecule has 142 valence electrons. The smallest absolute Gasteiger partial charge is 0.304 e. The van der Waals surface area contributed by atoms with Crippen LogP contribution in [0.1, 0.15) is 23.5 Å². The van der Waals surface area contributed by atoms with E-state index in [1.165, 1.54) is 19.2 Å². The van der Waals surface area contributed by atoms with Gasteiger partial charge in [0.15, 0.2) is 0 Å². The van der Waals surface area contributed by atoms with Gasteiger partial charge in [0, 0.05) is 26.2 Å². The number of imidazole rings is 1. The summed E-state index contributed by atoms with van der Waals surface area (Å²) in [5.74, 6) is -0.229. The summed E-state index contributed by atoms with van der Waals surface area (Å²) >= 11 is 0. The zero-order chi connectivity index (χ0) is 19.6. The lowest BCUT2D eigenvalue weighted by atomic mass is 10.1. The van der Waals surface area contributed by atoms with Crippen molar-refractivity contribution in [1.82, 2.24) is 19.3 Å². The third kappa shape index (κ3) is 4.15. The van der Waals surface area contributed by atoms with Gasteiger partial charge in [0.25, 0.3) is 0 Å². The van der Waals surface area contributed by atoms with E-state index in [0.29, 0.717) is 6.42 Å². The Morgan fingerprint density at radius 3 is 2.59 bits per heavy atom. The molecular formula is C18H20N4O4S. The van der Waals surface area contributed by atoms with Gasteiger partial charge in [-0.15, -0.1) is 0 Å². The second-order valence-electron chi connectivity index (χ2n) is 6.27. The van der Waals surface area contributed by atoms with Crippen LogP contribution < -0.4 is 0 Å². The lowest BCUT2D eigenvalue weighted by Crippen LogP contribution is -2.29. The quantitative estimate of drug-likeness (QED) is 0.639. The summed E-state index contributed by atoms with van der Waals surface area (Å²) in [5, 5.41) is 8.72. The predicted octanol–water partition coefficient (Wildman–Crippen LogP) is 1.95. The summed E-state index contributed by atoms with van der Waals surface area (Å²) in [5.41, 5.74) is 3.44. The maximum absolute atomic E-state index is 12.5. The number of aromatic nitrogens is 3. The van der Waals surface area contributed by atoms with Crippen LogP contribution in [0, 0.1) is 6.92 Å². The first-order valence-corrected chi connectivity index (χ1v) is 9.78. The molecule has 0 amide bonds. The fraction of sp³-hybridized carbons (Fsp3) is 0.278. The first kappa shape index (κ1) is 19.0. The van der Waals surface area contributed by atoms with E-state index in [2.05, 4.69) is 15.0 Å². The zero-order valence-electron chi connectivity index (χ0n) is 15.0. The van der Waals surface area contributed by atoms with Crippen molar-refractivity contribution < 1.29 is 18.3 Å². The molecule has 0 radical (unpaired) electrons. The van der Waals surface area contributed by atoms with Gasteiger partial charge in [-0.3, -0.25) is 9.78 Å². The average molecular weight is 388 g/mol. The highest BCUT2D eigenvalue weighted by atomic mass is 32.2. The predicted molar refractivity (Wildman–Crippen MR) is 99.9 cm³/mol. The van der Waals surface area contributed by atoms with E-state index in [0.717, 1.165) is 32.4 Å².